The van der Waals surface area contributed by atoms with Crippen LogP contribution < -0.4 is 0 Å². The second kappa shape index (κ2) is 12.1. The average Bonchev–Trinajstić information content (AvgIpc) is 3.93. The summed E-state index contributed by atoms with van der Waals surface area (Å²) in [6, 6.07) is 53.4. The van der Waals surface area contributed by atoms with Crippen LogP contribution in [0.15, 0.2) is 160 Å². The third kappa shape index (κ3) is 4.58. The van der Waals surface area contributed by atoms with E-state index in [4.69, 9.17) is 23.8 Å². The monoisotopic (exact) mass is 721 g/mol. The first-order chi connectivity index (χ1) is 27.7. The van der Waals surface area contributed by atoms with Gasteiger partial charge in [-0.25, -0.2) is 15.0 Å². The van der Waals surface area contributed by atoms with Crippen LogP contribution in [0.5, 0.6) is 0 Å². The first-order valence-corrected chi connectivity index (χ1v) is 19.7. The number of furan rings is 2. The van der Waals surface area contributed by atoms with Gasteiger partial charge in [-0.3, -0.25) is 0 Å². The summed E-state index contributed by atoms with van der Waals surface area (Å²) in [5.74, 6) is 1.69. The maximum absolute atomic E-state index is 6.52. The molecule has 0 atom stereocenters. The van der Waals surface area contributed by atoms with Gasteiger partial charge in [0.15, 0.2) is 17.5 Å². The van der Waals surface area contributed by atoms with Crippen LogP contribution >= 0.6 is 0 Å². The molecule has 56 heavy (non-hydrogen) atoms. The Morgan fingerprint density at radius 3 is 1.59 bits per heavy atom. The van der Waals surface area contributed by atoms with Crippen molar-refractivity contribution >= 4 is 43.9 Å². The highest BCUT2D eigenvalue weighted by Gasteiger charge is 2.45. The summed E-state index contributed by atoms with van der Waals surface area (Å²) >= 11 is 0. The fourth-order valence-electron chi connectivity index (χ4n) is 9.90. The standard InChI is InChI=1S/C51H35N3O2/c1-8-28-51(29-9-1)42-25-5-2-16-34(42)37-20-11-19-33(45(37)51)31-14-10-15-32(30-31)48-52-49(40-23-12-21-38-35-17-3-6-26-43(35)55-46(38)40)54-50(53-48)41-24-13-22-39-36-18-4-7-27-44(36)56-47(39)41/h2-7,10-27,30H,1,8-9,28-29H2. The second-order valence-electron chi connectivity index (χ2n) is 15.4. The fraction of sp³-hybridized carbons (Fsp3) is 0.118. The lowest BCUT2D eigenvalue weighted by atomic mass is 9.66. The molecule has 1 spiro atoms. The molecule has 5 heteroatoms. The molecule has 0 aliphatic heterocycles. The zero-order valence-electron chi connectivity index (χ0n) is 30.6. The molecule has 266 valence electrons. The summed E-state index contributed by atoms with van der Waals surface area (Å²) < 4.78 is 13.0. The average molecular weight is 722 g/mol. The van der Waals surface area contributed by atoms with Crippen LogP contribution in [0, 0.1) is 0 Å². The lowest BCUT2D eigenvalue weighted by molar-refractivity contribution is 0.353. The predicted molar refractivity (Wildman–Crippen MR) is 225 cm³/mol. The van der Waals surface area contributed by atoms with Crippen LogP contribution in [0.3, 0.4) is 0 Å². The van der Waals surface area contributed by atoms with Gasteiger partial charge >= 0.3 is 0 Å². The summed E-state index contributed by atoms with van der Waals surface area (Å²) in [5, 5.41) is 4.18. The minimum atomic E-state index is 0.0286. The van der Waals surface area contributed by atoms with Crippen LogP contribution in [0.4, 0.5) is 0 Å². The Kier molecular flexibility index (Phi) is 6.79. The van der Waals surface area contributed by atoms with E-state index in [0.717, 1.165) is 60.6 Å². The van der Waals surface area contributed by atoms with Gasteiger partial charge in [0.05, 0.1) is 11.1 Å². The van der Waals surface area contributed by atoms with E-state index in [9.17, 15) is 0 Å². The van der Waals surface area contributed by atoms with Crippen molar-refractivity contribution in [3.05, 3.63) is 163 Å². The molecule has 2 aliphatic rings. The Balaban J connectivity index is 1.08. The highest BCUT2D eigenvalue weighted by Crippen LogP contribution is 2.58. The lowest BCUT2D eigenvalue weighted by Gasteiger charge is -2.37. The van der Waals surface area contributed by atoms with Gasteiger partial charge in [0, 0.05) is 32.5 Å². The van der Waals surface area contributed by atoms with Crippen molar-refractivity contribution in [2.45, 2.75) is 37.5 Å². The molecule has 7 aromatic carbocycles. The van der Waals surface area contributed by atoms with E-state index >= 15 is 0 Å². The summed E-state index contributed by atoms with van der Waals surface area (Å²) in [4.78, 5) is 15.7. The first-order valence-electron chi connectivity index (χ1n) is 19.7. The SMILES string of the molecule is c1cc(-c2nc(-c3cccc4c3oc3ccccc34)nc(-c3cccc4c3oc3ccccc34)n2)cc(-c2cccc3c2C2(CCCCC2)c2ccccc2-3)c1. The lowest BCUT2D eigenvalue weighted by Crippen LogP contribution is -2.28. The number of para-hydroxylation sites is 4. The molecule has 0 unspecified atom stereocenters. The number of nitrogens with zero attached hydrogens (tertiary/aromatic N) is 3. The minimum absolute atomic E-state index is 0.0286. The third-order valence-electron chi connectivity index (χ3n) is 12.3. The van der Waals surface area contributed by atoms with E-state index in [2.05, 4.69) is 103 Å². The molecule has 0 radical (unpaired) electrons. The molecule has 0 amide bonds. The molecular weight excluding hydrogens is 687 g/mol. The van der Waals surface area contributed by atoms with Crippen molar-refractivity contribution in [1.29, 1.82) is 0 Å². The normalized spacial score (nSPS) is 14.6. The molecule has 1 fully saturated rings. The van der Waals surface area contributed by atoms with E-state index in [0.29, 0.717) is 17.5 Å². The molecule has 12 rings (SSSR count). The van der Waals surface area contributed by atoms with Crippen LogP contribution in [-0.2, 0) is 5.41 Å². The molecule has 0 saturated heterocycles. The number of hydrogen-bond acceptors (Lipinski definition) is 5. The quantitative estimate of drug-likeness (QED) is 0.181. The number of aromatic nitrogens is 3. The van der Waals surface area contributed by atoms with Crippen LogP contribution in [-0.4, -0.2) is 15.0 Å². The molecule has 5 nitrogen and oxygen atoms in total. The summed E-state index contributed by atoms with van der Waals surface area (Å²) in [6.07, 6.45) is 6.14. The molecule has 0 N–H and O–H groups in total. The van der Waals surface area contributed by atoms with E-state index in [1.165, 1.54) is 65.5 Å². The Bertz CT molecular complexity index is 3070. The van der Waals surface area contributed by atoms with E-state index < -0.39 is 0 Å². The summed E-state index contributed by atoms with van der Waals surface area (Å²) in [5.41, 5.74) is 13.9. The summed E-state index contributed by atoms with van der Waals surface area (Å²) in [6.45, 7) is 0. The van der Waals surface area contributed by atoms with Crippen molar-refractivity contribution in [3.63, 3.8) is 0 Å². The van der Waals surface area contributed by atoms with E-state index in [1.54, 1.807) is 0 Å². The highest BCUT2D eigenvalue weighted by molar-refractivity contribution is 6.10. The van der Waals surface area contributed by atoms with E-state index in [-0.39, 0.29) is 5.41 Å². The van der Waals surface area contributed by atoms with Crippen LogP contribution in [0.1, 0.15) is 43.2 Å². The Morgan fingerprint density at radius 2 is 0.893 bits per heavy atom. The van der Waals surface area contributed by atoms with Crippen LogP contribution in [0.2, 0.25) is 0 Å². The van der Waals surface area contributed by atoms with Crippen molar-refractivity contribution in [2.75, 3.05) is 0 Å². The first kappa shape index (κ1) is 31.5. The van der Waals surface area contributed by atoms with Gasteiger partial charge in [0.25, 0.3) is 0 Å². The zero-order valence-corrected chi connectivity index (χ0v) is 30.6. The van der Waals surface area contributed by atoms with E-state index in [1.807, 2.05) is 48.5 Å². The van der Waals surface area contributed by atoms with Gasteiger partial charge in [-0.05, 0) is 76.6 Å². The minimum Gasteiger partial charge on any atom is -0.455 e. The second-order valence-corrected chi connectivity index (χ2v) is 15.4. The van der Waals surface area contributed by atoms with Crippen molar-refractivity contribution < 1.29 is 8.83 Å². The predicted octanol–water partition coefficient (Wildman–Crippen LogP) is 13.6. The van der Waals surface area contributed by atoms with Crippen molar-refractivity contribution in [1.82, 2.24) is 15.0 Å². The number of fused-ring (bicyclic) bond motifs is 11. The highest BCUT2D eigenvalue weighted by atomic mass is 16.3. The molecule has 1 saturated carbocycles. The Morgan fingerprint density at radius 1 is 0.393 bits per heavy atom. The number of hydrogen-bond donors (Lipinski definition) is 0. The molecule has 10 aromatic rings. The third-order valence-corrected chi connectivity index (χ3v) is 12.3. The number of benzene rings is 7. The topological polar surface area (TPSA) is 65.0 Å². The number of rotatable bonds is 4. The fourth-order valence-corrected chi connectivity index (χ4v) is 9.90. The van der Waals surface area contributed by atoms with Gasteiger partial charge in [-0.1, -0.05) is 141 Å². The maximum atomic E-state index is 6.52. The Labute approximate surface area is 323 Å². The van der Waals surface area contributed by atoms with Crippen molar-refractivity contribution in [2.24, 2.45) is 0 Å². The molecular formula is C51H35N3O2. The molecule has 3 aromatic heterocycles. The molecule has 0 bridgehead atoms. The maximum Gasteiger partial charge on any atom is 0.167 e. The largest absolute Gasteiger partial charge is 0.455 e. The van der Waals surface area contributed by atoms with Gasteiger partial charge < -0.3 is 8.83 Å². The summed E-state index contributed by atoms with van der Waals surface area (Å²) in [7, 11) is 0. The van der Waals surface area contributed by atoms with Gasteiger partial charge in [0.2, 0.25) is 0 Å². The zero-order chi connectivity index (χ0) is 36.8. The van der Waals surface area contributed by atoms with Gasteiger partial charge in [0.1, 0.15) is 22.3 Å². The molecule has 3 heterocycles. The van der Waals surface area contributed by atoms with Crippen molar-refractivity contribution in [3.8, 4) is 56.4 Å². The van der Waals surface area contributed by atoms with Gasteiger partial charge in [-0.15, -0.1) is 0 Å². The van der Waals surface area contributed by atoms with Crippen LogP contribution in [0.25, 0.3) is 100 Å². The smallest absolute Gasteiger partial charge is 0.167 e. The molecule has 2 aliphatic carbocycles. The Hall–Kier alpha value is -6.85. The van der Waals surface area contributed by atoms with Gasteiger partial charge in [-0.2, -0.15) is 0 Å².